The first kappa shape index (κ1) is 20.0. The standard InChI is InChI=1S/C14H22N2O.C3H8S/c1-5-16(6-2)10-13(17)15-14-11(3)8-7-9-12(14)4;1-2-3-4/h7-9H,5-6,10H2,1-4H3,(H,15,17);4H,2-3H2,1H3. The number of nitrogens with zero attached hydrogens (tertiary/aromatic N) is 1. The van der Waals surface area contributed by atoms with Crippen LogP contribution in [0.5, 0.6) is 0 Å². The number of anilines is 1. The Hall–Kier alpha value is -1.00. The smallest absolute Gasteiger partial charge is 0.238 e. The molecule has 0 aromatic heterocycles. The summed E-state index contributed by atoms with van der Waals surface area (Å²) >= 11 is 3.92. The molecule has 0 aliphatic rings. The summed E-state index contributed by atoms with van der Waals surface area (Å²) in [6.07, 6.45) is 1.18. The van der Waals surface area contributed by atoms with Crippen molar-refractivity contribution in [3.63, 3.8) is 0 Å². The second-order valence-corrected chi connectivity index (χ2v) is 5.45. The molecule has 0 spiro atoms. The average Bonchev–Trinajstić information content (AvgIpc) is 2.49. The summed E-state index contributed by atoms with van der Waals surface area (Å²) in [5.41, 5.74) is 3.17. The monoisotopic (exact) mass is 310 g/mol. The highest BCUT2D eigenvalue weighted by molar-refractivity contribution is 7.80. The molecule has 1 aromatic rings. The molecule has 0 fully saturated rings. The van der Waals surface area contributed by atoms with E-state index in [1.807, 2.05) is 32.0 Å². The summed E-state index contributed by atoms with van der Waals surface area (Å²) < 4.78 is 0. The van der Waals surface area contributed by atoms with Crippen molar-refractivity contribution in [1.82, 2.24) is 4.90 Å². The second-order valence-electron chi connectivity index (χ2n) is 5.00. The maximum atomic E-state index is 11.9. The number of nitrogens with one attached hydrogen (secondary N) is 1. The van der Waals surface area contributed by atoms with Crippen molar-refractivity contribution in [3.8, 4) is 0 Å². The number of amides is 1. The predicted octanol–water partition coefficient (Wildman–Crippen LogP) is 3.91. The molecule has 4 heteroatoms. The first-order chi connectivity index (χ1) is 9.99. The minimum absolute atomic E-state index is 0.0612. The topological polar surface area (TPSA) is 32.3 Å². The molecular weight excluding hydrogens is 280 g/mol. The molecule has 1 rings (SSSR count). The Morgan fingerprint density at radius 1 is 1.14 bits per heavy atom. The molecule has 1 N–H and O–H groups in total. The Bertz CT molecular complexity index is 395. The van der Waals surface area contributed by atoms with E-state index in [2.05, 4.69) is 43.6 Å². The van der Waals surface area contributed by atoms with E-state index in [-0.39, 0.29) is 5.91 Å². The van der Waals surface area contributed by atoms with Crippen molar-refractivity contribution in [2.75, 3.05) is 30.7 Å². The zero-order valence-electron chi connectivity index (χ0n) is 14.1. The molecule has 120 valence electrons. The number of thiol groups is 1. The van der Waals surface area contributed by atoms with Gasteiger partial charge in [-0.1, -0.05) is 39.0 Å². The molecule has 0 saturated heterocycles. The van der Waals surface area contributed by atoms with Gasteiger partial charge in [-0.05, 0) is 50.2 Å². The lowest BCUT2D eigenvalue weighted by atomic mass is 10.1. The van der Waals surface area contributed by atoms with Crippen molar-refractivity contribution in [2.24, 2.45) is 0 Å². The Morgan fingerprint density at radius 2 is 1.62 bits per heavy atom. The van der Waals surface area contributed by atoms with Crippen LogP contribution in [0.3, 0.4) is 0 Å². The Balaban J connectivity index is 0.000000885. The number of carbonyl (C=O) groups excluding carboxylic acids is 1. The largest absolute Gasteiger partial charge is 0.324 e. The quantitative estimate of drug-likeness (QED) is 0.781. The lowest BCUT2D eigenvalue weighted by Crippen LogP contribution is -2.33. The summed E-state index contributed by atoms with van der Waals surface area (Å²) in [6.45, 7) is 12.5. The zero-order valence-corrected chi connectivity index (χ0v) is 15.0. The normalized spacial score (nSPS) is 10.0. The third-order valence-corrected chi connectivity index (χ3v) is 3.68. The third kappa shape index (κ3) is 8.12. The number of benzene rings is 1. The maximum Gasteiger partial charge on any atom is 0.238 e. The molecule has 0 unspecified atom stereocenters. The number of carbonyl (C=O) groups is 1. The van der Waals surface area contributed by atoms with Gasteiger partial charge < -0.3 is 5.32 Å². The lowest BCUT2D eigenvalue weighted by Gasteiger charge is -2.18. The van der Waals surface area contributed by atoms with Crippen molar-refractivity contribution in [2.45, 2.75) is 41.0 Å². The average molecular weight is 311 g/mol. The molecule has 0 bridgehead atoms. The van der Waals surface area contributed by atoms with E-state index in [4.69, 9.17) is 0 Å². The highest BCUT2D eigenvalue weighted by Gasteiger charge is 2.09. The SMILES string of the molecule is CCCS.CCN(CC)CC(=O)Nc1c(C)cccc1C. The van der Waals surface area contributed by atoms with Gasteiger partial charge in [-0.15, -0.1) is 0 Å². The summed E-state index contributed by atoms with van der Waals surface area (Å²) in [6, 6.07) is 6.03. The zero-order chi connectivity index (χ0) is 16.3. The molecule has 1 amide bonds. The van der Waals surface area contributed by atoms with Crippen LogP contribution in [0.15, 0.2) is 18.2 Å². The Kier molecular flexibility index (Phi) is 11.1. The molecule has 0 aliphatic carbocycles. The van der Waals surface area contributed by atoms with Crippen molar-refractivity contribution >= 4 is 24.2 Å². The van der Waals surface area contributed by atoms with E-state index in [1.54, 1.807) is 0 Å². The van der Waals surface area contributed by atoms with Gasteiger partial charge in [0.15, 0.2) is 0 Å². The van der Waals surface area contributed by atoms with Gasteiger partial charge in [0.2, 0.25) is 5.91 Å². The van der Waals surface area contributed by atoms with Crippen LogP contribution in [0.25, 0.3) is 0 Å². The van der Waals surface area contributed by atoms with Crippen LogP contribution in [-0.4, -0.2) is 36.2 Å². The fraction of sp³-hybridized carbons (Fsp3) is 0.588. The number of likely N-dealkylation sites (N-methyl/N-ethyl adjacent to an activating group) is 1. The molecule has 0 radical (unpaired) electrons. The number of para-hydroxylation sites is 1. The summed E-state index contributed by atoms with van der Waals surface area (Å²) in [5, 5.41) is 3.00. The highest BCUT2D eigenvalue weighted by Crippen LogP contribution is 2.19. The van der Waals surface area contributed by atoms with Crippen LogP contribution in [0.2, 0.25) is 0 Å². The number of hydrogen-bond donors (Lipinski definition) is 2. The maximum absolute atomic E-state index is 11.9. The van der Waals surface area contributed by atoms with Crippen LogP contribution < -0.4 is 5.32 Å². The Labute approximate surface area is 135 Å². The summed E-state index contributed by atoms with van der Waals surface area (Å²) in [5.74, 6) is 1.08. The summed E-state index contributed by atoms with van der Waals surface area (Å²) in [7, 11) is 0. The van der Waals surface area contributed by atoms with Gasteiger partial charge in [0.05, 0.1) is 6.54 Å². The molecule has 1 aromatic carbocycles. The van der Waals surface area contributed by atoms with Gasteiger partial charge in [-0.25, -0.2) is 0 Å². The second kappa shape index (κ2) is 11.6. The fourth-order valence-corrected chi connectivity index (χ4v) is 1.84. The molecule has 21 heavy (non-hydrogen) atoms. The number of hydrogen-bond acceptors (Lipinski definition) is 3. The first-order valence-corrected chi connectivity index (χ1v) is 8.32. The van der Waals surface area contributed by atoms with Gasteiger partial charge in [-0.3, -0.25) is 9.69 Å². The molecule has 0 aliphatic heterocycles. The molecular formula is C17H30N2OS. The number of rotatable bonds is 6. The molecule has 0 heterocycles. The van der Waals surface area contributed by atoms with Crippen LogP contribution in [-0.2, 0) is 4.79 Å². The highest BCUT2D eigenvalue weighted by atomic mass is 32.1. The lowest BCUT2D eigenvalue weighted by molar-refractivity contribution is -0.117. The van der Waals surface area contributed by atoms with Crippen LogP contribution >= 0.6 is 12.6 Å². The number of aryl methyl sites for hydroxylation is 2. The fourth-order valence-electron chi connectivity index (χ4n) is 1.84. The molecule has 0 atom stereocenters. The third-order valence-electron chi connectivity index (χ3n) is 3.23. The first-order valence-electron chi connectivity index (χ1n) is 7.69. The van der Waals surface area contributed by atoms with Gasteiger partial charge in [0.25, 0.3) is 0 Å². The van der Waals surface area contributed by atoms with Crippen molar-refractivity contribution in [1.29, 1.82) is 0 Å². The van der Waals surface area contributed by atoms with E-state index < -0.39 is 0 Å². The van der Waals surface area contributed by atoms with Gasteiger partial charge in [-0.2, -0.15) is 12.6 Å². The van der Waals surface area contributed by atoms with Crippen LogP contribution in [0, 0.1) is 13.8 Å². The van der Waals surface area contributed by atoms with Gasteiger partial charge in [0, 0.05) is 5.69 Å². The molecule has 0 saturated carbocycles. The Morgan fingerprint density at radius 3 is 2.00 bits per heavy atom. The van der Waals surface area contributed by atoms with Crippen molar-refractivity contribution in [3.05, 3.63) is 29.3 Å². The van der Waals surface area contributed by atoms with Crippen molar-refractivity contribution < 1.29 is 4.79 Å². The molecule has 3 nitrogen and oxygen atoms in total. The summed E-state index contributed by atoms with van der Waals surface area (Å²) in [4.78, 5) is 14.0. The minimum Gasteiger partial charge on any atom is -0.324 e. The van der Waals surface area contributed by atoms with Crippen LogP contribution in [0.4, 0.5) is 5.69 Å². The van der Waals surface area contributed by atoms with Gasteiger partial charge >= 0.3 is 0 Å². The van der Waals surface area contributed by atoms with E-state index in [0.29, 0.717) is 6.54 Å². The minimum atomic E-state index is 0.0612. The van der Waals surface area contributed by atoms with Crippen LogP contribution in [0.1, 0.15) is 38.3 Å². The van der Waals surface area contributed by atoms with Gasteiger partial charge in [0.1, 0.15) is 0 Å². The van der Waals surface area contributed by atoms with E-state index in [9.17, 15) is 4.79 Å². The van der Waals surface area contributed by atoms with E-state index >= 15 is 0 Å². The van der Waals surface area contributed by atoms with E-state index in [0.717, 1.165) is 35.7 Å². The predicted molar refractivity (Wildman–Crippen MR) is 96.5 cm³/mol. The van der Waals surface area contributed by atoms with E-state index in [1.165, 1.54) is 6.42 Å².